The second-order valence-electron chi connectivity index (χ2n) is 5.85. The van der Waals surface area contributed by atoms with Crippen LogP contribution in [0.2, 0.25) is 0 Å². The summed E-state index contributed by atoms with van der Waals surface area (Å²) in [7, 11) is 0. The number of hydrogen-bond acceptors (Lipinski definition) is 5. The van der Waals surface area contributed by atoms with Gasteiger partial charge >= 0.3 is 0 Å². The van der Waals surface area contributed by atoms with E-state index in [2.05, 4.69) is 14.9 Å². The van der Waals surface area contributed by atoms with E-state index in [9.17, 15) is 4.79 Å². The average Bonchev–Trinajstić information content (AvgIpc) is 3.07. The van der Waals surface area contributed by atoms with Crippen molar-refractivity contribution in [1.82, 2.24) is 14.9 Å². The van der Waals surface area contributed by atoms with E-state index in [4.69, 9.17) is 4.42 Å². The summed E-state index contributed by atoms with van der Waals surface area (Å²) in [5.74, 6) is 0.167. The topological polar surface area (TPSA) is 62.5 Å². The van der Waals surface area contributed by atoms with Crippen molar-refractivity contribution in [3.05, 3.63) is 54.2 Å². The maximum atomic E-state index is 12.4. The van der Waals surface area contributed by atoms with Crippen molar-refractivity contribution in [1.29, 1.82) is 0 Å². The lowest BCUT2D eigenvalue weighted by Gasteiger charge is -2.33. The molecule has 0 saturated carbocycles. The summed E-state index contributed by atoms with van der Waals surface area (Å²) in [4.78, 5) is 25.0. The number of amides is 1. The summed E-state index contributed by atoms with van der Waals surface area (Å²) in [5, 5.41) is 0. The number of carbonyl (C=O) groups is 1. The first-order valence-corrected chi connectivity index (χ1v) is 8.08. The van der Waals surface area contributed by atoms with Gasteiger partial charge in [0, 0.05) is 32.4 Å². The first-order valence-electron chi connectivity index (χ1n) is 8.08. The lowest BCUT2D eigenvalue weighted by atomic mass is 10.1. The third-order valence-electron chi connectivity index (χ3n) is 4.26. The number of aromatic nitrogens is 2. The monoisotopic (exact) mass is 322 g/mol. The molecule has 24 heavy (non-hydrogen) atoms. The molecule has 0 N–H and O–H groups in total. The minimum absolute atomic E-state index is 0.167. The van der Waals surface area contributed by atoms with E-state index in [0.717, 1.165) is 11.1 Å². The molecule has 122 valence electrons. The van der Waals surface area contributed by atoms with Crippen molar-refractivity contribution in [2.45, 2.75) is 6.42 Å². The molecule has 1 amide bonds. The number of pyridine rings is 1. The van der Waals surface area contributed by atoms with Gasteiger partial charge in [-0.15, -0.1) is 0 Å². The van der Waals surface area contributed by atoms with Crippen LogP contribution in [0.25, 0.3) is 11.2 Å². The third-order valence-corrected chi connectivity index (χ3v) is 4.26. The van der Waals surface area contributed by atoms with Crippen LogP contribution in [0.15, 0.2) is 53.1 Å². The fourth-order valence-corrected chi connectivity index (χ4v) is 2.92. The molecule has 0 radical (unpaired) electrons. The van der Waals surface area contributed by atoms with Crippen LogP contribution in [-0.4, -0.2) is 47.0 Å². The molecular formula is C18H18N4O2. The second kappa shape index (κ2) is 6.31. The number of fused-ring (bicyclic) bond motifs is 1. The molecule has 1 aliphatic rings. The molecule has 1 aromatic carbocycles. The molecule has 0 aliphatic carbocycles. The smallest absolute Gasteiger partial charge is 0.299 e. The Morgan fingerprint density at radius 3 is 2.58 bits per heavy atom. The molecule has 1 saturated heterocycles. The van der Waals surface area contributed by atoms with Gasteiger partial charge in [0.15, 0.2) is 0 Å². The van der Waals surface area contributed by atoms with Crippen LogP contribution in [0.5, 0.6) is 0 Å². The normalized spacial score (nSPS) is 15.0. The summed E-state index contributed by atoms with van der Waals surface area (Å²) in [6.07, 6.45) is 2.14. The molecule has 0 bridgehead atoms. The highest BCUT2D eigenvalue weighted by Crippen LogP contribution is 2.21. The van der Waals surface area contributed by atoms with Gasteiger partial charge in [0.1, 0.15) is 5.52 Å². The van der Waals surface area contributed by atoms with E-state index < -0.39 is 0 Å². The Morgan fingerprint density at radius 1 is 1.04 bits per heavy atom. The molecule has 4 rings (SSSR count). The van der Waals surface area contributed by atoms with Crippen molar-refractivity contribution >= 4 is 23.2 Å². The van der Waals surface area contributed by atoms with E-state index in [1.165, 1.54) is 0 Å². The molecule has 1 fully saturated rings. The Kier molecular flexibility index (Phi) is 3.86. The van der Waals surface area contributed by atoms with Crippen LogP contribution < -0.4 is 4.90 Å². The van der Waals surface area contributed by atoms with Gasteiger partial charge in [0.25, 0.3) is 6.01 Å². The van der Waals surface area contributed by atoms with Crippen LogP contribution in [0.1, 0.15) is 5.56 Å². The maximum absolute atomic E-state index is 12.4. The molecule has 0 unspecified atom stereocenters. The standard InChI is InChI=1S/C18H18N4O2/c23-16(13-14-5-2-1-3-6-14)21-9-11-22(12-10-21)18-20-15-7-4-8-19-17(15)24-18/h1-8H,9-13H2. The first-order chi connectivity index (χ1) is 11.8. The highest BCUT2D eigenvalue weighted by molar-refractivity contribution is 5.79. The van der Waals surface area contributed by atoms with Crippen LogP contribution in [0.4, 0.5) is 6.01 Å². The van der Waals surface area contributed by atoms with Crippen LogP contribution in [0, 0.1) is 0 Å². The van der Waals surface area contributed by atoms with E-state index >= 15 is 0 Å². The van der Waals surface area contributed by atoms with E-state index in [0.29, 0.717) is 44.3 Å². The fourth-order valence-electron chi connectivity index (χ4n) is 2.92. The number of carbonyl (C=O) groups excluding carboxylic acids is 1. The van der Waals surface area contributed by atoms with E-state index in [-0.39, 0.29) is 5.91 Å². The maximum Gasteiger partial charge on any atom is 0.299 e. The van der Waals surface area contributed by atoms with E-state index in [1.54, 1.807) is 6.20 Å². The fraction of sp³-hybridized carbons (Fsp3) is 0.278. The van der Waals surface area contributed by atoms with Gasteiger partial charge < -0.3 is 14.2 Å². The Labute approximate surface area is 139 Å². The lowest BCUT2D eigenvalue weighted by molar-refractivity contribution is -0.130. The van der Waals surface area contributed by atoms with Gasteiger partial charge in [0.05, 0.1) is 6.42 Å². The number of nitrogens with zero attached hydrogens (tertiary/aromatic N) is 4. The van der Waals surface area contributed by atoms with Gasteiger partial charge in [-0.25, -0.2) is 4.98 Å². The second-order valence-corrected chi connectivity index (χ2v) is 5.85. The lowest BCUT2D eigenvalue weighted by Crippen LogP contribution is -2.49. The van der Waals surface area contributed by atoms with Crippen LogP contribution in [0.3, 0.4) is 0 Å². The van der Waals surface area contributed by atoms with Gasteiger partial charge in [-0.1, -0.05) is 30.3 Å². The van der Waals surface area contributed by atoms with Gasteiger partial charge in [-0.2, -0.15) is 4.98 Å². The van der Waals surface area contributed by atoms with Crippen molar-refractivity contribution in [3.63, 3.8) is 0 Å². The number of rotatable bonds is 3. The Hall–Kier alpha value is -2.89. The van der Waals surface area contributed by atoms with Gasteiger partial charge in [0.2, 0.25) is 11.6 Å². The largest absolute Gasteiger partial charge is 0.404 e. The average molecular weight is 322 g/mol. The summed E-state index contributed by atoms with van der Waals surface area (Å²) in [6.45, 7) is 2.79. The van der Waals surface area contributed by atoms with Crippen molar-refractivity contribution < 1.29 is 9.21 Å². The molecule has 2 aromatic heterocycles. The van der Waals surface area contributed by atoms with Crippen molar-refractivity contribution in [3.8, 4) is 0 Å². The van der Waals surface area contributed by atoms with Crippen LogP contribution >= 0.6 is 0 Å². The SMILES string of the molecule is O=C(Cc1ccccc1)N1CCN(c2nc3cccnc3o2)CC1. The summed E-state index contributed by atoms with van der Waals surface area (Å²) in [6, 6.07) is 14.2. The summed E-state index contributed by atoms with van der Waals surface area (Å²) >= 11 is 0. The molecule has 3 heterocycles. The Morgan fingerprint density at radius 2 is 1.83 bits per heavy atom. The quantitative estimate of drug-likeness (QED) is 0.739. The molecule has 6 heteroatoms. The molecule has 3 aromatic rings. The molecule has 0 spiro atoms. The molecule has 1 aliphatic heterocycles. The minimum atomic E-state index is 0.167. The Bertz CT molecular complexity index is 805. The first kappa shape index (κ1) is 14.7. The minimum Gasteiger partial charge on any atom is -0.404 e. The van der Waals surface area contributed by atoms with Crippen LogP contribution in [-0.2, 0) is 11.2 Å². The predicted molar refractivity (Wildman–Crippen MR) is 90.7 cm³/mol. The molecular weight excluding hydrogens is 304 g/mol. The zero-order chi connectivity index (χ0) is 16.4. The van der Waals surface area contributed by atoms with Gasteiger partial charge in [-0.05, 0) is 17.7 Å². The number of piperazine rings is 1. The highest BCUT2D eigenvalue weighted by Gasteiger charge is 2.24. The number of benzene rings is 1. The number of hydrogen-bond donors (Lipinski definition) is 0. The zero-order valence-corrected chi connectivity index (χ0v) is 13.3. The van der Waals surface area contributed by atoms with Crippen molar-refractivity contribution in [2.24, 2.45) is 0 Å². The summed E-state index contributed by atoms with van der Waals surface area (Å²) < 4.78 is 5.70. The number of anilines is 1. The third kappa shape index (κ3) is 2.95. The highest BCUT2D eigenvalue weighted by atomic mass is 16.4. The Balaban J connectivity index is 1.38. The molecule has 0 atom stereocenters. The summed E-state index contributed by atoms with van der Waals surface area (Å²) in [5.41, 5.74) is 2.36. The zero-order valence-electron chi connectivity index (χ0n) is 13.3. The van der Waals surface area contributed by atoms with E-state index in [1.807, 2.05) is 47.4 Å². The van der Waals surface area contributed by atoms with Gasteiger partial charge in [-0.3, -0.25) is 4.79 Å². The predicted octanol–water partition coefficient (Wildman–Crippen LogP) is 2.11. The molecule has 6 nitrogen and oxygen atoms in total. The van der Waals surface area contributed by atoms with Crippen molar-refractivity contribution in [2.75, 3.05) is 31.1 Å². The number of oxazole rings is 1.